The van der Waals surface area contributed by atoms with Gasteiger partial charge in [0.05, 0.1) is 10.9 Å². The van der Waals surface area contributed by atoms with E-state index in [1.807, 2.05) is 13.0 Å². The van der Waals surface area contributed by atoms with Gasteiger partial charge in [0.2, 0.25) is 0 Å². The van der Waals surface area contributed by atoms with Crippen molar-refractivity contribution in [2.24, 2.45) is 0 Å². The molecule has 0 saturated heterocycles. The molecule has 1 aromatic heterocycles. The first-order chi connectivity index (χ1) is 8.97. The predicted octanol–water partition coefficient (Wildman–Crippen LogP) is 3.83. The zero-order chi connectivity index (χ0) is 14.0. The molecule has 19 heavy (non-hydrogen) atoms. The highest BCUT2D eigenvalue weighted by Gasteiger charge is 2.14. The summed E-state index contributed by atoms with van der Waals surface area (Å²) in [4.78, 5) is 13.6. The standard InChI is InChI=1S/C14H13F2NOS/c1-8-3-6-13(19-8)14(18)17-9(2)10-4-5-11(15)12(16)7-10/h3-7,9H,1-2H3,(H,17,18)/t9-/m1/s1. The third-order valence-corrected chi connectivity index (χ3v) is 3.75. The largest absolute Gasteiger partial charge is 0.345 e. The van der Waals surface area contributed by atoms with Gasteiger partial charge in [0.25, 0.3) is 5.91 Å². The number of halogens is 2. The summed E-state index contributed by atoms with van der Waals surface area (Å²) < 4.78 is 25.9. The van der Waals surface area contributed by atoms with Crippen LogP contribution in [0.25, 0.3) is 0 Å². The SMILES string of the molecule is Cc1ccc(C(=O)N[C@H](C)c2ccc(F)c(F)c2)s1. The highest BCUT2D eigenvalue weighted by Crippen LogP contribution is 2.19. The zero-order valence-electron chi connectivity index (χ0n) is 10.5. The number of rotatable bonds is 3. The predicted molar refractivity (Wildman–Crippen MR) is 71.3 cm³/mol. The lowest BCUT2D eigenvalue weighted by Gasteiger charge is -2.13. The van der Waals surface area contributed by atoms with Gasteiger partial charge in [-0.2, -0.15) is 0 Å². The van der Waals surface area contributed by atoms with Crippen molar-refractivity contribution in [3.8, 4) is 0 Å². The number of thiophene rings is 1. The van der Waals surface area contributed by atoms with E-state index in [9.17, 15) is 13.6 Å². The first kappa shape index (κ1) is 13.7. The van der Waals surface area contributed by atoms with Gasteiger partial charge < -0.3 is 5.32 Å². The lowest BCUT2D eigenvalue weighted by atomic mass is 10.1. The van der Waals surface area contributed by atoms with Crippen molar-refractivity contribution in [2.75, 3.05) is 0 Å². The molecule has 100 valence electrons. The summed E-state index contributed by atoms with van der Waals surface area (Å²) in [7, 11) is 0. The van der Waals surface area contributed by atoms with Gasteiger partial charge in [0.15, 0.2) is 11.6 Å². The molecule has 0 unspecified atom stereocenters. The number of amides is 1. The van der Waals surface area contributed by atoms with Gasteiger partial charge in [-0.05, 0) is 43.7 Å². The van der Waals surface area contributed by atoms with Crippen molar-refractivity contribution in [1.82, 2.24) is 5.32 Å². The topological polar surface area (TPSA) is 29.1 Å². The number of carbonyl (C=O) groups is 1. The van der Waals surface area contributed by atoms with Crippen LogP contribution in [-0.4, -0.2) is 5.91 Å². The van der Waals surface area contributed by atoms with Crippen LogP contribution in [0, 0.1) is 18.6 Å². The average Bonchev–Trinajstić information content (AvgIpc) is 2.79. The summed E-state index contributed by atoms with van der Waals surface area (Å²) in [5.74, 6) is -2.02. The molecule has 2 nitrogen and oxygen atoms in total. The van der Waals surface area contributed by atoms with Gasteiger partial charge in [-0.3, -0.25) is 4.79 Å². The minimum atomic E-state index is -0.912. The molecule has 1 aromatic carbocycles. The molecule has 1 N–H and O–H groups in total. The summed E-state index contributed by atoms with van der Waals surface area (Å²) in [5, 5.41) is 2.75. The van der Waals surface area contributed by atoms with Crippen LogP contribution in [0.1, 0.15) is 33.1 Å². The maximum atomic E-state index is 13.1. The molecule has 0 radical (unpaired) electrons. The molecule has 1 heterocycles. The Hall–Kier alpha value is -1.75. The van der Waals surface area contributed by atoms with Gasteiger partial charge in [-0.15, -0.1) is 11.3 Å². The van der Waals surface area contributed by atoms with Crippen molar-refractivity contribution in [3.63, 3.8) is 0 Å². The number of carbonyl (C=O) groups excluding carboxylic acids is 1. The molecule has 1 atom stereocenters. The fourth-order valence-electron chi connectivity index (χ4n) is 1.69. The highest BCUT2D eigenvalue weighted by molar-refractivity contribution is 7.13. The van der Waals surface area contributed by atoms with Crippen molar-refractivity contribution in [3.05, 3.63) is 57.3 Å². The molecule has 0 spiro atoms. The Morgan fingerprint density at radius 1 is 1.21 bits per heavy atom. The van der Waals surface area contributed by atoms with Gasteiger partial charge in [-0.25, -0.2) is 8.78 Å². The third kappa shape index (κ3) is 3.17. The second-order valence-corrected chi connectivity index (χ2v) is 5.57. The van der Waals surface area contributed by atoms with Crippen LogP contribution in [0.3, 0.4) is 0 Å². The van der Waals surface area contributed by atoms with Gasteiger partial charge >= 0.3 is 0 Å². The molecule has 0 bridgehead atoms. The van der Waals surface area contributed by atoms with E-state index in [2.05, 4.69) is 5.32 Å². The molecule has 5 heteroatoms. The van der Waals surface area contributed by atoms with E-state index in [-0.39, 0.29) is 11.9 Å². The van der Waals surface area contributed by atoms with Crippen molar-refractivity contribution in [1.29, 1.82) is 0 Å². The maximum absolute atomic E-state index is 13.1. The summed E-state index contributed by atoms with van der Waals surface area (Å²) >= 11 is 1.39. The maximum Gasteiger partial charge on any atom is 0.261 e. The van der Waals surface area contributed by atoms with E-state index in [4.69, 9.17) is 0 Å². The van der Waals surface area contributed by atoms with E-state index >= 15 is 0 Å². The minimum absolute atomic E-state index is 0.213. The number of aryl methyl sites for hydroxylation is 1. The molecule has 2 aromatic rings. The smallest absolute Gasteiger partial charge is 0.261 e. The van der Waals surface area contributed by atoms with Crippen molar-refractivity contribution < 1.29 is 13.6 Å². The molecular formula is C14H13F2NOS. The van der Waals surface area contributed by atoms with E-state index in [1.54, 1.807) is 13.0 Å². The lowest BCUT2D eigenvalue weighted by Crippen LogP contribution is -2.26. The van der Waals surface area contributed by atoms with Crippen LogP contribution >= 0.6 is 11.3 Å². The Balaban J connectivity index is 2.10. The number of nitrogens with one attached hydrogen (secondary N) is 1. The summed E-state index contributed by atoms with van der Waals surface area (Å²) in [6, 6.07) is 6.84. The van der Waals surface area contributed by atoms with Gasteiger partial charge in [0.1, 0.15) is 0 Å². The second kappa shape index (κ2) is 5.48. The number of hydrogen-bond donors (Lipinski definition) is 1. The molecule has 0 aliphatic carbocycles. The van der Waals surface area contributed by atoms with Crippen LogP contribution in [0.2, 0.25) is 0 Å². The molecular weight excluding hydrogens is 268 g/mol. The zero-order valence-corrected chi connectivity index (χ0v) is 11.4. The Morgan fingerprint density at radius 2 is 1.95 bits per heavy atom. The molecule has 1 amide bonds. The van der Waals surface area contributed by atoms with E-state index in [1.165, 1.54) is 17.4 Å². The van der Waals surface area contributed by atoms with Gasteiger partial charge in [-0.1, -0.05) is 6.07 Å². The summed E-state index contributed by atoms with van der Waals surface area (Å²) in [5.41, 5.74) is 0.528. The fraction of sp³-hybridized carbons (Fsp3) is 0.214. The first-order valence-corrected chi connectivity index (χ1v) is 6.61. The molecule has 0 fully saturated rings. The van der Waals surface area contributed by atoms with Crippen LogP contribution in [0.5, 0.6) is 0 Å². The van der Waals surface area contributed by atoms with Crippen LogP contribution in [-0.2, 0) is 0 Å². The highest BCUT2D eigenvalue weighted by atomic mass is 32.1. The van der Waals surface area contributed by atoms with E-state index < -0.39 is 11.6 Å². The minimum Gasteiger partial charge on any atom is -0.345 e. The number of hydrogen-bond acceptors (Lipinski definition) is 2. The Bertz CT molecular complexity index is 609. The monoisotopic (exact) mass is 281 g/mol. The van der Waals surface area contributed by atoms with Crippen molar-refractivity contribution in [2.45, 2.75) is 19.9 Å². The average molecular weight is 281 g/mol. The quantitative estimate of drug-likeness (QED) is 0.910. The molecule has 0 aliphatic heterocycles. The van der Waals surface area contributed by atoms with E-state index in [0.717, 1.165) is 17.0 Å². The fourth-order valence-corrected chi connectivity index (χ4v) is 2.46. The molecule has 2 rings (SSSR count). The normalized spacial score (nSPS) is 12.2. The van der Waals surface area contributed by atoms with Crippen molar-refractivity contribution >= 4 is 17.2 Å². The first-order valence-electron chi connectivity index (χ1n) is 5.79. The summed E-state index contributed by atoms with van der Waals surface area (Å²) in [6.07, 6.45) is 0. The molecule has 0 saturated carbocycles. The summed E-state index contributed by atoms with van der Waals surface area (Å²) in [6.45, 7) is 3.64. The van der Waals surface area contributed by atoms with Gasteiger partial charge in [0, 0.05) is 4.88 Å². The third-order valence-electron chi connectivity index (χ3n) is 2.76. The van der Waals surface area contributed by atoms with E-state index in [0.29, 0.717) is 10.4 Å². The Labute approximate surface area is 114 Å². The Morgan fingerprint density at radius 3 is 2.53 bits per heavy atom. The second-order valence-electron chi connectivity index (χ2n) is 4.28. The van der Waals surface area contributed by atoms with Crippen LogP contribution < -0.4 is 5.32 Å². The lowest BCUT2D eigenvalue weighted by molar-refractivity contribution is 0.0944. The number of benzene rings is 1. The molecule has 0 aliphatic rings. The van der Waals surface area contributed by atoms with Crippen LogP contribution in [0.15, 0.2) is 30.3 Å². The Kier molecular flexibility index (Phi) is 3.95. The van der Waals surface area contributed by atoms with Crippen LogP contribution in [0.4, 0.5) is 8.78 Å².